The van der Waals surface area contributed by atoms with Crippen molar-refractivity contribution in [3.05, 3.63) is 34.9 Å². The Labute approximate surface area is 117 Å². The molecule has 0 aromatic heterocycles. The van der Waals surface area contributed by atoms with Crippen LogP contribution in [0.1, 0.15) is 61.4 Å². The van der Waals surface area contributed by atoms with Crippen molar-refractivity contribution < 1.29 is 8.78 Å². The number of halogens is 3. The second-order valence-corrected chi connectivity index (χ2v) is 5.90. The Morgan fingerprint density at radius 2 is 1.72 bits per heavy atom. The van der Waals surface area contributed by atoms with Crippen molar-refractivity contribution in [3.8, 4) is 0 Å². The molecule has 0 aliphatic carbocycles. The molecule has 0 radical (unpaired) electrons. The number of benzene rings is 1. The first-order valence-electron chi connectivity index (χ1n) is 6.65. The van der Waals surface area contributed by atoms with Crippen LogP contribution in [0.4, 0.5) is 8.78 Å². The topological polar surface area (TPSA) is 0 Å². The maximum Gasteiger partial charge on any atom is 0.128 e. The van der Waals surface area contributed by atoms with E-state index >= 15 is 0 Å². The highest BCUT2D eigenvalue weighted by Crippen LogP contribution is 2.31. The Hall–Kier alpha value is -0.440. The molecule has 0 saturated carbocycles. The summed E-state index contributed by atoms with van der Waals surface area (Å²) in [6, 6.07) is 2.59. The summed E-state index contributed by atoms with van der Waals surface area (Å²) in [5.74, 6) is -0.647. The molecule has 0 bridgehead atoms. The quantitative estimate of drug-likeness (QED) is 0.423. The van der Waals surface area contributed by atoms with Gasteiger partial charge in [0, 0.05) is 10.4 Å². The average molecular weight is 319 g/mol. The van der Waals surface area contributed by atoms with E-state index in [1.54, 1.807) is 6.92 Å². The first kappa shape index (κ1) is 15.6. The van der Waals surface area contributed by atoms with Crippen LogP contribution in [-0.2, 0) is 0 Å². The van der Waals surface area contributed by atoms with Crippen LogP contribution in [0.2, 0.25) is 0 Å². The van der Waals surface area contributed by atoms with Crippen LogP contribution in [0.15, 0.2) is 12.1 Å². The van der Waals surface area contributed by atoms with E-state index in [0.29, 0.717) is 11.1 Å². The van der Waals surface area contributed by atoms with Gasteiger partial charge in [-0.05, 0) is 31.0 Å². The molecule has 0 saturated heterocycles. The molecule has 0 heterocycles. The minimum atomic E-state index is -0.332. The average Bonchev–Trinajstić information content (AvgIpc) is 2.33. The van der Waals surface area contributed by atoms with Gasteiger partial charge in [-0.2, -0.15) is 0 Å². The largest absolute Gasteiger partial charge is 0.207 e. The van der Waals surface area contributed by atoms with Crippen LogP contribution < -0.4 is 0 Å². The van der Waals surface area contributed by atoms with Crippen molar-refractivity contribution in [2.75, 3.05) is 0 Å². The molecule has 1 aromatic rings. The molecule has 0 amide bonds. The molecule has 0 fully saturated rings. The third-order valence-corrected chi connectivity index (χ3v) is 4.13. The Kier molecular flexibility index (Phi) is 6.83. The van der Waals surface area contributed by atoms with Crippen molar-refractivity contribution in [3.63, 3.8) is 0 Å². The van der Waals surface area contributed by atoms with E-state index in [9.17, 15) is 8.78 Å². The zero-order chi connectivity index (χ0) is 13.5. The van der Waals surface area contributed by atoms with E-state index in [0.717, 1.165) is 19.3 Å². The summed E-state index contributed by atoms with van der Waals surface area (Å²) in [6.45, 7) is 3.76. The first-order chi connectivity index (χ1) is 8.56. The van der Waals surface area contributed by atoms with E-state index in [1.807, 2.05) is 0 Å². The Morgan fingerprint density at radius 1 is 1.06 bits per heavy atom. The lowest BCUT2D eigenvalue weighted by Gasteiger charge is -2.12. The summed E-state index contributed by atoms with van der Waals surface area (Å²) in [5, 5.41) is 0. The van der Waals surface area contributed by atoms with Crippen molar-refractivity contribution >= 4 is 15.9 Å². The summed E-state index contributed by atoms with van der Waals surface area (Å²) < 4.78 is 27.1. The van der Waals surface area contributed by atoms with Gasteiger partial charge in [-0.3, -0.25) is 0 Å². The molecule has 1 unspecified atom stereocenters. The van der Waals surface area contributed by atoms with Crippen molar-refractivity contribution in [2.45, 2.75) is 57.2 Å². The lowest BCUT2D eigenvalue weighted by atomic mass is 10.0. The van der Waals surface area contributed by atoms with Crippen LogP contribution in [0, 0.1) is 18.6 Å². The predicted octanol–water partition coefficient (Wildman–Crippen LogP) is 6.07. The number of hydrogen-bond acceptors (Lipinski definition) is 0. The van der Waals surface area contributed by atoms with Gasteiger partial charge in [-0.1, -0.05) is 55.0 Å². The lowest BCUT2D eigenvalue weighted by molar-refractivity contribution is 0.561. The molecular formula is C15H21BrF2. The first-order valence-corrected chi connectivity index (χ1v) is 7.57. The minimum Gasteiger partial charge on any atom is -0.207 e. The summed E-state index contributed by atoms with van der Waals surface area (Å²) in [6.07, 6.45) is 6.75. The fourth-order valence-corrected chi connectivity index (χ4v) is 2.66. The summed E-state index contributed by atoms with van der Waals surface area (Å²) in [4.78, 5) is -0.0887. The van der Waals surface area contributed by atoms with Crippen molar-refractivity contribution in [2.24, 2.45) is 0 Å². The standard InChI is InChI=1S/C15H21BrF2/c1-3-4-5-6-7-8-13(16)12-10-14(17)11(2)9-15(12)18/h9-10,13H,3-8H2,1-2H3. The predicted molar refractivity (Wildman–Crippen MR) is 76.1 cm³/mol. The molecule has 0 aliphatic rings. The van der Waals surface area contributed by atoms with Gasteiger partial charge in [-0.15, -0.1) is 0 Å². The van der Waals surface area contributed by atoms with Gasteiger partial charge in [-0.25, -0.2) is 8.78 Å². The van der Waals surface area contributed by atoms with E-state index in [-0.39, 0.29) is 16.5 Å². The third kappa shape index (κ3) is 4.68. The SMILES string of the molecule is CCCCCCCC(Br)c1cc(F)c(C)cc1F. The zero-order valence-corrected chi connectivity index (χ0v) is 12.7. The number of unbranched alkanes of at least 4 members (excludes halogenated alkanes) is 4. The fraction of sp³-hybridized carbons (Fsp3) is 0.600. The van der Waals surface area contributed by atoms with Crippen molar-refractivity contribution in [1.82, 2.24) is 0 Å². The van der Waals surface area contributed by atoms with Crippen LogP contribution in [0.5, 0.6) is 0 Å². The number of hydrogen-bond donors (Lipinski definition) is 0. The lowest BCUT2D eigenvalue weighted by Crippen LogP contribution is -1.98. The number of rotatable bonds is 7. The van der Waals surface area contributed by atoms with Crippen LogP contribution >= 0.6 is 15.9 Å². The van der Waals surface area contributed by atoms with Gasteiger partial charge >= 0.3 is 0 Å². The molecule has 1 atom stereocenters. The molecule has 0 aliphatic heterocycles. The van der Waals surface area contributed by atoms with E-state index in [2.05, 4.69) is 22.9 Å². The normalized spacial score (nSPS) is 12.7. The highest BCUT2D eigenvalue weighted by Gasteiger charge is 2.14. The molecule has 0 spiro atoms. The fourth-order valence-electron chi connectivity index (χ4n) is 1.98. The van der Waals surface area contributed by atoms with Crippen LogP contribution in [0.25, 0.3) is 0 Å². The second kappa shape index (κ2) is 7.88. The van der Waals surface area contributed by atoms with E-state index in [4.69, 9.17) is 0 Å². The van der Waals surface area contributed by atoms with Gasteiger partial charge in [0.2, 0.25) is 0 Å². The highest BCUT2D eigenvalue weighted by atomic mass is 79.9. The maximum absolute atomic E-state index is 13.7. The Balaban J connectivity index is 2.51. The smallest absolute Gasteiger partial charge is 0.128 e. The third-order valence-electron chi connectivity index (χ3n) is 3.18. The van der Waals surface area contributed by atoms with Gasteiger partial charge in [0.15, 0.2) is 0 Å². The van der Waals surface area contributed by atoms with Gasteiger partial charge in [0.1, 0.15) is 11.6 Å². The molecule has 1 aromatic carbocycles. The monoisotopic (exact) mass is 318 g/mol. The Morgan fingerprint density at radius 3 is 2.39 bits per heavy atom. The summed E-state index contributed by atoms with van der Waals surface area (Å²) in [5.41, 5.74) is 0.799. The van der Waals surface area contributed by atoms with Crippen LogP contribution in [0.3, 0.4) is 0 Å². The molecule has 18 heavy (non-hydrogen) atoms. The minimum absolute atomic E-state index is 0.0887. The van der Waals surface area contributed by atoms with E-state index in [1.165, 1.54) is 31.4 Å². The van der Waals surface area contributed by atoms with Gasteiger partial charge in [0.25, 0.3) is 0 Å². The maximum atomic E-state index is 13.7. The molecular weight excluding hydrogens is 298 g/mol. The summed E-state index contributed by atoms with van der Waals surface area (Å²) >= 11 is 3.46. The molecule has 1 rings (SSSR count). The molecule has 102 valence electrons. The zero-order valence-electron chi connectivity index (χ0n) is 11.1. The molecule has 0 N–H and O–H groups in total. The Bertz CT molecular complexity index is 377. The number of aryl methyl sites for hydroxylation is 1. The molecule has 0 nitrogen and oxygen atoms in total. The number of alkyl halides is 1. The second-order valence-electron chi connectivity index (χ2n) is 4.79. The van der Waals surface area contributed by atoms with Crippen LogP contribution in [-0.4, -0.2) is 0 Å². The summed E-state index contributed by atoms with van der Waals surface area (Å²) in [7, 11) is 0. The van der Waals surface area contributed by atoms with E-state index < -0.39 is 0 Å². The highest BCUT2D eigenvalue weighted by molar-refractivity contribution is 9.09. The van der Waals surface area contributed by atoms with Crippen molar-refractivity contribution in [1.29, 1.82) is 0 Å². The van der Waals surface area contributed by atoms with Gasteiger partial charge < -0.3 is 0 Å². The molecule has 3 heteroatoms. The van der Waals surface area contributed by atoms with Gasteiger partial charge in [0.05, 0.1) is 0 Å².